The quantitative estimate of drug-likeness (QED) is 0.806. The molecule has 0 saturated carbocycles. The first-order valence-corrected chi connectivity index (χ1v) is 7.20. The average molecular weight is 278 g/mol. The van der Waals surface area contributed by atoms with Gasteiger partial charge in [-0.15, -0.1) is 0 Å². The number of ether oxygens (including phenoxy) is 1. The lowest BCUT2D eigenvalue weighted by molar-refractivity contribution is -0.121. The van der Waals surface area contributed by atoms with E-state index in [1.54, 1.807) is 0 Å². The van der Waals surface area contributed by atoms with Crippen LogP contribution in [0.5, 0.6) is 5.75 Å². The van der Waals surface area contributed by atoms with Crippen LogP contribution in [-0.4, -0.2) is 18.1 Å². The molecule has 2 atom stereocenters. The van der Waals surface area contributed by atoms with Gasteiger partial charge in [0.25, 0.3) is 0 Å². The Morgan fingerprint density at radius 1 is 1.20 bits per heavy atom. The van der Waals surface area contributed by atoms with Gasteiger partial charge in [0.05, 0.1) is 12.1 Å². The molecule has 20 heavy (non-hydrogen) atoms. The van der Waals surface area contributed by atoms with Crippen molar-refractivity contribution < 1.29 is 9.53 Å². The molecular weight excluding hydrogens is 252 g/mol. The van der Waals surface area contributed by atoms with Crippen LogP contribution in [0.25, 0.3) is 0 Å². The lowest BCUT2D eigenvalue weighted by Crippen LogP contribution is -2.28. The molecule has 4 heteroatoms. The van der Waals surface area contributed by atoms with Crippen LogP contribution in [0.15, 0.2) is 24.3 Å². The van der Waals surface area contributed by atoms with Crippen LogP contribution in [0.3, 0.4) is 0 Å². The standard InChI is InChI=1S/C16H26N2O2/c1-11(2)20-15-8-6-14(7-9-15)13(4)18-16(19)10-5-12(3)17/h6-9,11-13H,5,10,17H2,1-4H3,(H,18,19). The van der Waals surface area contributed by atoms with Gasteiger partial charge in [0.2, 0.25) is 5.91 Å². The predicted molar refractivity (Wildman–Crippen MR) is 81.6 cm³/mol. The van der Waals surface area contributed by atoms with Crippen LogP contribution in [0, 0.1) is 0 Å². The first kappa shape index (κ1) is 16.5. The second kappa shape index (κ2) is 7.90. The summed E-state index contributed by atoms with van der Waals surface area (Å²) in [7, 11) is 0. The summed E-state index contributed by atoms with van der Waals surface area (Å²) in [5, 5.41) is 2.98. The predicted octanol–water partition coefficient (Wildman–Crippen LogP) is 2.78. The zero-order chi connectivity index (χ0) is 15.1. The third kappa shape index (κ3) is 6.06. The van der Waals surface area contributed by atoms with Crippen molar-refractivity contribution >= 4 is 5.91 Å². The number of benzene rings is 1. The minimum absolute atomic E-state index is 0.0105. The van der Waals surface area contributed by atoms with Crippen molar-refractivity contribution in [1.29, 1.82) is 0 Å². The van der Waals surface area contributed by atoms with Crippen molar-refractivity contribution in [3.05, 3.63) is 29.8 Å². The van der Waals surface area contributed by atoms with Gasteiger partial charge in [0.15, 0.2) is 0 Å². The highest BCUT2D eigenvalue weighted by Gasteiger charge is 2.10. The highest BCUT2D eigenvalue weighted by atomic mass is 16.5. The van der Waals surface area contributed by atoms with E-state index in [2.05, 4.69) is 5.32 Å². The Bertz CT molecular complexity index is 413. The van der Waals surface area contributed by atoms with Crippen molar-refractivity contribution in [1.82, 2.24) is 5.32 Å². The SMILES string of the molecule is CC(N)CCC(=O)NC(C)c1ccc(OC(C)C)cc1. The maximum Gasteiger partial charge on any atom is 0.220 e. The first-order chi connectivity index (χ1) is 9.38. The van der Waals surface area contributed by atoms with E-state index in [9.17, 15) is 4.79 Å². The topological polar surface area (TPSA) is 64.4 Å². The fraction of sp³-hybridized carbons (Fsp3) is 0.562. The van der Waals surface area contributed by atoms with E-state index in [1.165, 1.54) is 0 Å². The summed E-state index contributed by atoms with van der Waals surface area (Å²) in [6, 6.07) is 7.87. The lowest BCUT2D eigenvalue weighted by atomic mass is 10.1. The molecule has 1 rings (SSSR count). The van der Waals surface area contributed by atoms with Gasteiger partial charge in [-0.1, -0.05) is 12.1 Å². The average Bonchev–Trinajstić information content (AvgIpc) is 2.36. The lowest BCUT2D eigenvalue weighted by Gasteiger charge is -2.16. The highest BCUT2D eigenvalue weighted by Crippen LogP contribution is 2.18. The number of amides is 1. The van der Waals surface area contributed by atoms with E-state index in [0.717, 1.165) is 11.3 Å². The van der Waals surface area contributed by atoms with Gasteiger partial charge >= 0.3 is 0 Å². The summed E-state index contributed by atoms with van der Waals surface area (Å²) in [5.41, 5.74) is 6.71. The van der Waals surface area contributed by atoms with Crippen LogP contribution in [-0.2, 0) is 4.79 Å². The van der Waals surface area contributed by atoms with Gasteiger partial charge in [0.1, 0.15) is 5.75 Å². The molecule has 4 nitrogen and oxygen atoms in total. The molecule has 0 aliphatic heterocycles. The van der Waals surface area contributed by atoms with Crippen LogP contribution in [0.4, 0.5) is 0 Å². The third-order valence-corrected chi connectivity index (χ3v) is 2.96. The van der Waals surface area contributed by atoms with Gasteiger partial charge in [-0.25, -0.2) is 0 Å². The van der Waals surface area contributed by atoms with E-state index in [4.69, 9.17) is 10.5 Å². The smallest absolute Gasteiger partial charge is 0.220 e. The molecule has 0 aliphatic rings. The molecule has 1 aromatic rings. The number of nitrogens with one attached hydrogen (secondary N) is 1. The Kier molecular flexibility index (Phi) is 6.52. The Morgan fingerprint density at radius 3 is 2.30 bits per heavy atom. The maximum atomic E-state index is 11.8. The molecule has 0 fully saturated rings. The fourth-order valence-corrected chi connectivity index (χ4v) is 1.86. The van der Waals surface area contributed by atoms with Gasteiger partial charge in [-0.05, 0) is 51.8 Å². The largest absolute Gasteiger partial charge is 0.491 e. The first-order valence-electron chi connectivity index (χ1n) is 7.20. The molecule has 0 aliphatic carbocycles. The van der Waals surface area contributed by atoms with E-state index in [-0.39, 0.29) is 24.1 Å². The summed E-state index contributed by atoms with van der Waals surface area (Å²) >= 11 is 0. The van der Waals surface area contributed by atoms with E-state index in [0.29, 0.717) is 12.8 Å². The summed E-state index contributed by atoms with van der Waals surface area (Å²) in [6.07, 6.45) is 1.34. The van der Waals surface area contributed by atoms with Crippen molar-refractivity contribution in [3.8, 4) is 5.75 Å². The molecule has 0 aromatic heterocycles. The molecule has 112 valence electrons. The Balaban J connectivity index is 2.50. The zero-order valence-electron chi connectivity index (χ0n) is 12.8. The van der Waals surface area contributed by atoms with Crippen molar-refractivity contribution in [2.24, 2.45) is 5.73 Å². The van der Waals surface area contributed by atoms with E-state index < -0.39 is 0 Å². The second-order valence-electron chi connectivity index (χ2n) is 5.54. The molecular formula is C16H26N2O2. The molecule has 0 heterocycles. The molecule has 0 spiro atoms. The minimum atomic E-state index is -0.0105. The van der Waals surface area contributed by atoms with Gasteiger partial charge in [-0.3, -0.25) is 4.79 Å². The van der Waals surface area contributed by atoms with Crippen LogP contribution in [0.1, 0.15) is 52.1 Å². The molecule has 3 N–H and O–H groups in total. The third-order valence-electron chi connectivity index (χ3n) is 2.96. The number of nitrogens with two attached hydrogens (primary N) is 1. The highest BCUT2D eigenvalue weighted by molar-refractivity contribution is 5.76. The number of hydrogen-bond acceptors (Lipinski definition) is 3. The fourth-order valence-electron chi connectivity index (χ4n) is 1.86. The number of rotatable bonds is 7. The van der Waals surface area contributed by atoms with Crippen molar-refractivity contribution in [2.75, 3.05) is 0 Å². The zero-order valence-corrected chi connectivity index (χ0v) is 12.8. The number of hydrogen-bond donors (Lipinski definition) is 2. The summed E-state index contributed by atoms with van der Waals surface area (Å²) in [6.45, 7) is 7.87. The summed E-state index contributed by atoms with van der Waals surface area (Å²) in [5.74, 6) is 0.886. The minimum Gasteiger partial charge on any atom is -0.491 e. The molecule has 1 aromatic carbocycles. The van der Waals surface area contributed by atoms with E-state index >= 15 is 0 Å². The van der Waals surface area contributed by atoms with Crippen LogP contribution < -0.4 is 15.8 Å². The van der Waals surface area contributed by atoms with Crippen molar-refractivity contribution in [3.63, 3.8) is 0 Å². The Morgan fingerprint density at radius 2 is 1.80 bits per heavy atom. The van der Waals surface area contributed by atoms with Gasteiger partial charge < -0.3 is 15.8 Å². The molecule has 1 amide bonds. The molecule has 0 bridgehead atoms. The monoisotopic (exact) mass is 278 g/mol. The van der Waals surface area contributed by atoms with Gasteiger partial charge in [-0.2, -0.15) is 0 Å². The van der Waals surface area contributed by atoms with E-state index in [1.807, 2.05) is 52.0 Å². The normalized spacial score (nSPS) is 13.9. The number of carbonyl (C=O) groups is 1. The number of carbonyl (C=O) groups excluding carboxylic acids is 1. The molecule has 0 radical (unpaired) electrons. The maximum absolute atomic E-state index is 11.8. The molecule has 0 saturated heterocycles. The summed E-state index contributed by atoms with van der Waals surface area (Å²) < 4.78 is 5.59. The van der Waals surface area contributed by atoms with Crippen LogP contribution >= 0.6 is 0 Å². The Hall–Kier alpha value is -1.55. The van der Waals surface area contributed by atoms with Crippen LogP contribution in [0.2, 0.25) is 0 Å². The second-order valence-corrected chi connectivity index (χ2v) is 5.54. The summed E-state index contributed by atoms with van der Waals surface area (Å²) in [4.78, 5) is 11.8. The van der Waals surface area contributed by atoms with Crippen molar-refractivity contribution in [2.45, 2.75) is 58.7 Å². The van der Waals surface area contributed by atoms with Gasteiger partial charge in [0, 0.05) is 12.5 Å². The molecule has 2 unspecified atom stereocenters. The Labute approximate surface area is 121 Å².